The van der Waals surface area contributed by atoms with Gasteiger partial charge in [-0.2, -0.15) is 0 Å². The third-order valence-corrected chi connectivity index (χ3v) is 4.08. The van der Waals surface area contributed by atoms with Crippen LogP contribution < -0.4 is 16.4 Å². The van der Waals surface area contributed by atoms with Gasteiger partial charge in [0, 0.05) is 11.9 Å². The van der Waals surface area contributed by atoms with Crippen molar-refractivity contribution in [1.82, 2.24) is 15.0 Å². The zero-order chi connectivity index (χ0) is 18.4. The first-order chi connectivity index (χ1) is 12.7. The van der Waals surface area contributed by atoms with Crippen LogP contribution in [0.25, 0.3) is 0 Å². The molecule has 2 heterocycles. The van der Waals surface area contributed by atoms with Crippen molar-refractivity contribution in [2.24, 2.45) is 0 Å². The van der Waals surface area contributed by atoms with E-state index in [2.05, 4.69) is 44.6 Å². The zero-order valence-corrected chi connectivity index (χ0v) is 15.2. The van der Waals surface area contributed by atoms with Gasteiger partial charge in [-0.15, -0.1) is 0 Å². The van der Waals surface area contributed by atoms with Crippen molar-refractivity contribution in [2.75, 3.05) is 16.4 Å². The number of nitrogens with one attached hydrogen (secondary N) is 2. The highest BCUT2D eigenvalue weighted by atomic mass is 15.1. The number of aryl methyl sites for hydroxylation is 2. The highest BCUT2D eigenvalue weighted by Gasteiger charge is 2.09. The molecule has 0 saturated heterocycles. The Morgan fingerprint density at radius 3 is 2.38 bits per heavy atom. The average Bonchev–Trinajstić information content (AvgIpc) is 2.64. The zero-order valence-electron chi connectivity index (χ0n) is 15.2. The van der Waals surface area contributed by atoms with Gasteiger partial charge in [0.15, 0.2) is 11.6 Å². The molecule has 6 heteroatoms. The number of rotatable bonds is 7. The van der Waals surface area contributed by atoms with E-state index in [1.54, 1.807) is 6.20 Å². The van der Waals surface area contributed by atoms with E-state index in [9.17, 15) is 0 Å². The van der Waals surface area contributed by atoms with Gasteiger partial charge >= 0.3 is 0 Å². The molecule has 3 aromatic rings. The van der Waals surface area contributed by atoms with Crippen LogP contribution in [0.1, 0.15) is 30.9 Å². The molecule has 0 aliphatic rings. The first-order valence-electron chi connectivity index (χ1n) is 8.82. The summed E-state index contributed by atoms with van der Waals surface area (Å²) in [6.45, 7) is 4.21. The molecule has 0 fully saturated rings. The lowest BCUT2D eigenvalue weighted by atomic mass is 10.1. The Hall–Kier alpha value is -3.15. The summed E-state index contributed by atoms with van der Waals surface area (Å²) in [5.74, 6) is 1.79. The molecule has 0 atom stereocenters. The fraction of sp³-hybridized carbons (Fsp3) is 0.250. The quantitative estimate of drug-likeness (QED) is 0.578. The number of hydrogen-bond donors (Lipinski definition) is 3. The van der Waals surface area contributed by atoms with Crippen LogP contribution in [0.5, 0.6) is 0 Å². The number of pyridine rings is 1. The van der Waals surface area contributed by atoms with Crippen LogP contribution >= 0.6 is 0 Å². The van der Waals surface area contributed by atoms with Gasteiger partial charge < -0.3 is 16.4 Å². The molecule has 6 nitrogen and oxygen atoms in total. The summed E-state index contributed by atoms with van der Waals surface area (Å²) in [7, 11) is 0. The molecule has 0 bridgehead atoms. The topological polar surface area (TPSA) is 88.8 Å². The lowest BCUT2D eigenvalue weighted by molar-refractivity contribution is 0.795. The molecule has 26 heavy (non-hydrogen) atoms. The third-order valence-electron chi connectivity index (χ3n) is 4.08. The number of nitrogens with two attached hydrogens (primary N) is 1. The molecule has 3 rings (SSSR count). The van der Waals surface area contributed by atoms with Crippen molar-refractivity contribution in [3.8, 4) is 0 Å². The van der Waals surface area contributed by atoms with Gasteiger partial charge in [0.1, 0.15) is 17.8 Å². The molecule has 134 valence electrons. The molecule has 0 aliphatic heterocycles. The van der Waals surface area contributed by atoms with Crippen LogP contribution in [0.4, 0.5) is 28.8 Å². The summed E-state index contributed by atoms with van der Waals surface area (Å²) < 4.78 is 0. The van der Waals surface area contributed by atoms with Crippen LogP contribution in [-0.2, 0) is 6.42 Å². The maximum Gasteiger partial charge on any atom is 0.160 e. The van der Waals surface area contributed by atoms with E-state index < -0.39 is 0 Å². The number of hydrogen-bond acceptors (Lipinski definition) is 6. The second-order valence-electron chi connectivity index (χ2n) is 6.25. The van der Waals surface area contributed by atoms with Crippen LogP contribution in [0.15, 0.2) is 48.9 Å². The van der Waals surface area contributed by atoms with Gasteiger partial charge in [-0.25, -0.2) is 15.0 Å². The van der Waals surface area contributed by atoms with Gasteiger partial charge in [0.25, 0.3) is 0 Å². The second kappa shape index (κ2) is 8.29. The summed E-state index contributed by atoms with van der Waals surface area (Å²) in [6.07, 6.45) is 6.72. The van der Waals surface area contributed by atoms with Gasteiger partial charge in [-0.1, -0.05) is 25.5 Å². The maximum atomic E-state index is 6.23. The van der Waals surface area contributed by atoms with Crippen molar-refractivity contribution in [3.05, 3.63) is 60.0 Å². The monoisotopic (exact) mass is 348 g/mol. The van der Waals surface area contributed by atoms with E-state index in [0.29, 0.717) is 23.1 Å². The second-order valence-corrected chi connectivity index (χ2v) is 6.25. The Kier molecular flexibility index (Phi) is 5.63. The standard InChI is InChI=1S/C20H24N6/c1-3-4-5-15-6-8-16(9-7-15)25-19-18(21)20(24-13-23-19)26-17-12-14(2)10-11-22-17/h6-13H,3-5,21H2,1-2H3,(H2,22,23,24,25,26). The van der Waals surface area contributed by atoms with Crippen LogP contribution in [0.3, 0.4) is 0 Å². The molecule has 1 aromatic carbocycles. The Labute approximate surface area is 153 Å². The lowest BCUT2D eigenvalue weighted by Crippen LogP contribution is -2.06. The van der Waals surface area contributed by atoms with Gasteiger partial charge in [0.2, 0.25) is 0 Å². The van der Waals surface area contributed by atoms with E-state index in [1.165, 1.54) is 24.7 Å². The highest BCUT2D eigenvalue weighted by molar-refractivity contribution is 5.79. The normalized spacial score (nSPS) is 10.5. The van der Waals surface area contributed by atoms with Crippen LogP contribution in [-0.4, -0.2) is 15.0 Å². The number of nitrogens with zero attached hydrogens (tertiary/aromatic N) is 3. The summed E-state index contributed by atoms with van der Waals surface area (Å²) in [5, 5.41) is 6.40. The first-order valence-corrected chi connectivity index (χ1v) is 8.82. The predicted molar refractivity (Wildman–Crippen MR) is 107 cm³/mol. The van der Waals surface area contributed by atoms with Gasteiger partial charge in [0.05, 0.1) is 0 Å². The Morgan fingerprint density at radius 1 is 0.962 bits per heavy atom. The maximum absolute atomic E-state index is 6.23. The third kappa shape index (κ3) is 4.47. The molecule has 0 radical (unpaired) electrons. The molecule has 0 saturated carbocycles. The molecule has 0 aliphatic carbocycles. The van der Waals surface area contributed by atoms with Crippen molar-refractivity contribution in [1.29, 1.82) is 0 Å². The summed E-state index contributed by atoms with van der Waals surface area (Å²) in [5.41, 5.74) is 10.1. The number of benzene rings is 1. The number of nitrogen functional groups attached to an aromatic ring is 1. The van der Waals surface area contributed by atoms with Crippen LogP contribution in [0, 0.1) is 6.92 Å². The summed E-state index contributed by atoms with van der Waals surface area (Å²) in [4.78, 5) is 12.8. The molecule has 2 aromatic heterocycles. The summed E-state index contributed by atoms with van der Waals surface area (Å²) >= 11 is 0. The first kappa shape index (κ1) is 17.7. The van der Waals surface area contributed by atoms with E-state index in [1.807, 2.05) is 31.2 Å². The SMILES string of the molecule is CCCCc1ccc(Nc2ncnc(Nc3cc(C)ccn3)c2N)cc1. The van der Waals surface area contributed by atoms with Crippen molar-refractivity contribution in [3.63, 3.8) is 0 Å². The minimum absolute atomic E-state index is 0.450. The number of unbranched alkanes of at least 4 members (excludes halogenated alkanes) is 1. The van der Waals surface area contributed by atoms with Crippen LogP contribution in [0.2, 0.25) is 0 Å². The van der Waals surface area contributed by atoms with Gasteiger partial charge in [-0.05, 0) is 55.2 Å². The molecule has 0 unspecified atom stereocenters. The van der Waals surface area contributed by atoms with Gasteiger partial charge in [-0.3, -0.25) is 0 Å². The smallest absolute Gasteiger partial charge is 0.160 e. The van der Waals surface area contributed by atoms with E-state index in [-0.39, 0.29) is 0 Å². The van der Waals surface area contributed by atoms with E-state index in [4.69, 9.17) is 5.73 Å². The Morgan fingerprint density at radius 2 is 1.69 bits per heavy atom. The van der Waals surface area contributed by atoms with E-state index >= 15 is 0 Å². The molecule has 4 N–H and O–H groups in total. The number of anilines is 5. The summed E-state index contributed by atoms with van der Waals surface area (Å²) in [6, 6.07) is 12.2. The number of aromatic nitrogens is 3. The predicted octanol–water partition coefficient (Wildman–Crippen LogP) is 4.59. The molecular weight excluding hydrogens is 324 g/mol. The Balaban J connectivity index is 1.74. The lowest BCUT2D eigenvalue weighted by Gasteiger charge is -2.12. The Bertz CT molecular complexity index is 860. The van der Waals surface area contributed by atoms with Crippen molar-refractivity contribution >= 4 is 28.8 Å². The minimum atomic E-state index is 0.450. The minimum Gasteiger partial charge on any atom is -0.393 e. The largest absolute Gasteiger partial charge is 0.393 e. The fourth-order valence-corrected chi connectivity index (χ4v) is 2.59. The highest BCUT2D eigenvalue weighted by Crippen LogP contribution is 2.27. The fourth-order valence-electron chi connectivity index (χ4n) is 2.59. The van der Waals surface area contributed by atoms with Crippen molar-refractivity contribution < 1.29 is 0 Å². The average molecular weight is 348 g/mol. The van der Waals surface area contributed by atoms with Crippen molar-refractivity contribution in [2.45, 2.75) is 33.1 Å². The molecule has 0 amide bonds. The molecular formula is C20H24N6. The van der Waals surface area contributed by atoms with E-state index in [0.717, 1.165) is 17.7 Å². The molecule has 0 spiro atoms.